The molecule has 0 aliphatic carbocycles. The summed E-state index contributed by atoms with van der Waals surface area (Å²) in [5, 5.41) is 0. The van der Waals surface area contributed by atoms with E-state index in [0.717, 1.165) is 7.11 Å². The molecule has 0 aromatic rings. The smallest absolute Gasteiger partial charge is 0.469 e. The molecule has 2 N–H and O–H groups in total. The van der Waals surface area contributed by atoms with E-state index in [1.54, 1.807) is 0 Å². The van der Waals surface area contributed by atoms with E-state index in [-0.39, 0.29) is 19.0 Å². The molecule has 0 aliphatic heterocycles. The molecule has 14 heavy (non-hydrogen) atoms. The number of phosphoric acid groups is 1. The van der Waals surface area contributed by atoms with Crippen LogP contribution in [0.15, 0.2) is 12.3 Å². The third-order valence-corrected chi connectivity index (χ3v) is 1.55. The number of carbonyl (C=O) groups is 1. The number of methoxy groups -OCH3 is 1. The van der Waals surface area contributed by atoms with Crippen LogP contribution in [0.1, 0.15) is 0 Å². The van der Waals surface area contributed by atoms with Crippen molar-refractivity contribution in [2.75, 3.05) is 20.3 Å². The summed E-state index contributed by atoms with van der Waals surface area (Å²) >= 11 is 0. The van der Waals surface area contributed by atoms with E-state index in [1.807, 2.05) is 0 Å². The molecule has 0 saturated carbocycles. The highest BCUT2D eigenvalue weighted by Gasteiger charge is 2.14. The average Bonchev–Trinajstić information content (AvgIpc) is 2.09. The van der Waals surface area contributed by atoms with Gasteiger partial charge in [0.25, 0.3) is 0 Å². The molecule has 0 heterocycles. The Kier molecular flexibility index (Phi) is 5.40. The van der Waals surface area contributed by atoms with Crippen LogP contribution in [0.5, 0.6) is 0 Å². The van der Waals surface area contributed by atoms with Crippen LogP contribution in [-0.2, 0) is 23.4 Å². The van der Waals surface area contributed by atoms with Crippen LogP contribution in [0.25, 0.3) is 0 Å². The molecule has 0 saturated heterocycles. The van der Waals surface area contributed by atoms with E-state index in [1.165, 1.54) is 0 Å². The van der Waals surface area contributed by atoms with Gasteiger partial charge in [0.15, 0.2) is 5.76 Å². The molecule has 0 fully saturated rings. The van der Waals surface area contributed by atoms with Gasteiger partial charge in [-0.25, -0.2) is 9.36 Å². The van der Waals surface area contributed by atoms with Crippen LogP contribution in [0.2, 0.25) is 0 Å². The fourth-order valence-electron chi connectivity index (χ4n) is 0.494. The monoisotopic (exact) mass is 226 g/mol. The van der Waals surface area contributed by atoms with Gasteiger partial charge in [-0.15, -0.1) is 0 Å². The van der Waals surface area contributed by atoms with E-state index >= 15 is 0 Å². The molecular weight excluding hydrogens is 215 g/mol. The SMILES string of the molecule is C=C(OCCOP(=O)(O)O)C(=O)OC. The van der Waals surface area contributed by atoms with Crippen molar-refractivity contribution in [3.05, 3.63) is 12.3 Å². The lowest BCUT2D eigenvalue weighted by Gasteiger charge is -2.07. The van der Waals surface area contributed by atoms with Crippen molar-refractivity contribution in [1.82, 2.24) is 0 Å². The molecule has 0 spiro atoms. The number of hydrogen-bond acceptors (Lipinski definition) is 5. The van der Waals surface area contributed by atoms with Gasteiger partial charge < -0.3 is 19.3 Å². The first-order chi connectivity index (χ1) is 6.37. The van der Waals surface area contributed by atoms with Gasteiger partial charge in [0.2, 0.25) is 0 Å². The molecule has 82 valence electrons. The van der Waals surface area contributed by atoms with E-state index in [0.29, 0.717) is 0 Å². The number of carbonyl (C=O) groups excluding carboxylic acids is 1. The lowest BCUT2D eigenvalue weighted by Crippen LogP contribution is -2.10. The summed E-state index contributed by atoms with van der Waals surface area (Å²) in [4.78, 5) is 27.2. The molecule has 8 heteroatoms. The van der Waals surface area contributed by atoms with Gasteiger partial charge >= 0.3 is 13.8 Å². The summed E-state index contributed by atoms with van der Waals surface area (Å²) in [6.45, 7) is 2.67. The minimum atomic E-state index is -4.48. The molecule has 0 atom stereocenters. The fourth-order valence-corrected chi connectivity index (χ4v) is 0.806. The third kappa shape index (κ3) is 6.62. The zero-order chi connectivity index (χ0) is 11.2. The lowest BCUT2D eigenvalue weighted by molar-refractivity contribution is -0.140. The molecule has 7 nitrogen and oxygen atoms in total. The zero-order valence-electron chi connectivity index (χ0n) is 7.50. The third-order valence-electron chi connectivity index (χ3n) is 1.03. The van der Waals surface area contributed by atoms with Gasteiger partial charge in [-0.2, -0.15) is 0 Å². The van der Waals surface area contributed by atoms with Gasteiger partial charge in [-0.1, -0.05) is 0 Å². The van der Waals surface area contributed by atoms with Crippen molar-refractivity contribution >= 4 is 13.8 Å². The van der Waals surface area contributed by atoms with Crippen LogP contribution in [0, 0.1) is 0 Å². The van der Waals surface area contributed by atoms with Crippen LogP contribution < -0.4 is 0 Å². The highest BCUT2D eigenvalue weighted by molar-refractivity contribution is 7.46. The number of esters is 1. The predicted octanol–water partition coefficient (Wildman–Crippen LogP) is -0.201. The Morgan fingerprint density at radius 2 is 2.00 bits per heavy atom. The number of hydrogen-bond donors (Lipinski definition) is 2. The maximum Gasteiger partial charge on any atom is 0.469 e. The molecule has 0 rings (SSSR count). The Morgan fingerprint density at radius 3 is 2.43 bits per heavy atom. The van der Waals surface area contributed by atoms with Gasteiger partial charge in [-0.05, 0) is 6.58 Å². The van der Waals surface area contributed by atoms with Crippen LogP contribution >= 0.6 is 7.82 Å². The van der Waals surface area contributed by atoms with Crippen LogP contribution in [-0.4, -0.2) is 36.1 Å². The summed E-state index contributed by atoms with van der Waals surface area (Å²) < 4.78 is 23.1. The highest BCUT2D eigenvalue weighted by atomic mass is 31.2. The van der Waals surface area contributed by atoms with Crippen molar-refractivity contribution < 1.29 is 33.1 Å². The van der Waals surface area contributed by atoms with Gasteiger partial charge in [0.1, 0.15) is 6.61 Å². The Morgan fingerprint density at radius 1 is 1.43 bits per heavy atom. The van der Waals surface area contributed by atoms with Crippen LogP contribution in [0.3, 0.4) is 0 Å². The van der Waals surface area contributed by atoms with E-state index < -0.39 is 13.8 Å². The molecule has 0 amide bonds. The maximum absolute atomic E-state index is 10.7. The average molecular weight is 226 g/mol. The zero-order valence-corrected chi connectivity index (χ0v) is 8.40. The van der Waals surface area contributed by atoms with Crippen molar-refractivity contribution in [3.8, 4) is 0 Å². The van der Waals surface area contributed by atoms with E-state index in [4.69, 9.17) is 9.79 Å². The largest absolute Gasteiger partial charge is 0.484 e. The molecule has 0 aromatic heterocycles. The van der Waals surface area contributed by atoms with Gasteiger partial charge in [0, 0.05) is 0 Å². The fraction of sp³-hybridized carbons (Fsp3) is 0.500. The maximum atomic E-state index is 10.7. The van der Waals surface area contributed by atoms with E-state index in [2.05, 4.69) is 20.6 Å². The predicted molar refractivity (Wildman–Crippen MR) is 45.1 cm³/mol. The summed E-state index contributed by atoms with van der Waals surface area (Å²) in [7, 11) is -3.33. The normalized spacial score (nSPS) is 10.8. The number of ether oxygens (including phenoxy) is 2. The second-order valence-corrected chi connectivity index (χ2v) is 3.33. The molecular formula is C6H11O7P. The van der Waals surface area contributed by atoms with Crippen LogP contribution in [0.4, 0.5) is 0 Å². The quantitative estimate of drug-likeness (QED) is 0.212. The topological polar surface area (TPSA) is 102 Å². The summed E-state index contributed by atoms with van der Waals surface area (Å²) in [6, 6.07) is 0. The summed E-state index contributed by atoms with van der Waals surface area (Å²) in [5.41, 5.74) is 0. The molecule has 0 radical (unpaired) electrons. The summed E-state index contributed by atoms with van der Waals surface area (Å²) in [6.07, 6.45) is 0. The molecule has 0 bridgehead atoms. The Labute approximate surface area is 80.5 Å². The summed E-state index contributed by atoms with van der Waals surface area (Å²) in [5.74, 6) is -0.997. The first-order valence-electron chi connectivity index (χ1n) is 3.47. The number of rotatable bonds is 6. The Hall–Kier alpha value is -0.880. The second kappa shape index (κ2) is 5.77. The first kappa shape index (κ1) is 13.1. The Bertz CT molecular complexity index is 255. The lowest BCUT2D eigenvalue weighted by atomic mass is 10.6. The van der Waals surface area contributed by atoms with Crippen molar-refractivity contribution in [1.29, 1.82) is 0 Å². The van der Waals surface area contributed by atoms with Gasteiger partial charge in [-0.3, -0.25) is 4.52 Å². The first-order valence-corrected chi connectivity index (χ1v) is 5.00. The standard InChI is InChI=1S/C6H11O7P/c1-5(6(7)11-2)12-3-4-13-14(8,9)10/h1,3-4H2,2H3,(H2,8,9,10). The minimum absolute atomic E-state index is 0.195. The van der Waals surface area contributed by atoms with Gasteiger partial charge in [0.05, 0.1) is 13.7 Å². The van der Waals surface area contributed by atoms with Crippen molar-refractivity contribution in [2.24, 2.45) is 0 Å². The van der Waals surface area contributed by atoms with Crippen molar-refractivity contribution in [2.45, 2.75) is 0 Å². The Balaban J connectivity index is 3.61. The number of phosphoric ester groups is 1. The molecule has 0 aliphatic rings. The van der Waals surface area contributed by atoms with Crippen molar-refractivity contribution in [3.63, 3.8) is 0 Å². The molecule has 0 unspecified atom stereocenters. The molecule has 0 aromatic carbocycles. The highest BCUT2D eigenvalue weighted by Crippen LogP contribution is 2.35. The second-order valence-electron chi connectivity index (χ2n) is 2.09. The minimum Gasteiger partial charge on any atom is -0.484 e. The van der Waals surface area contributed by atoms with E-state index in [9.17, 15) is 9.36 Å².